The van der Waals surface area contributed by atoms with Crippen LogP contribution < -0.4 is 15.8 Å². The highest BCUT2D eigenvalue weighted by Gasteiger charge is 2.58. The van der Waals surface area contributed by atoms with Crippen molar-refractivity contribution in [3.8, 4) is 17.1 Å². The third-order valence-corrected chi connectivity index (χ3v) is 8.41. The van der Waals surface area contributed by atoms with Crippen molar-refractivity contribution < 1.29 is 37.0 Å². The Morgan fingerprint density at radius 2 is 1.86 bits per heavy atom. The minimum absolute atomic E-state index is 0.00559. The molecule has 2 fully saturated rings. The number of fused-ring (bicyclic) bond motifs is 1. The Morgan fingerprint density at radius 1 is 1.16 bits per heavy atom. The van der Waals surface area contributed by atoms with Gasteiger partial charge < -0.3 is 25.8 Å². The number of carbonyl (C=O) groups is 2. The van der Waals surface area contributed by atoms with E-state index in [0.717, 1.165) is 31.5 Å². The number of nitrogen functional groups attached to an aromatic ring is 1. The fraction of sp³-hybridized carbons (Fsp3) is 0.536. The Hall–Kier alpha value is -4.05. The topological polar surface area (TPSA) is 151 Å². The van der Waals surface area contributed by atoms with Crippen LogP contribution >= 0.6 is 0 Å². The van der Waals surface area contributed by atoms with Gasteiger partial charge in [-0.2, -0.15) is 18.3 Å². The smallest absolute Gasteiger partial charge is 0.426 e. The summed E-state index contributed by atoms with van der Waals surface area (Å²) in [6, 6.07) is 2.04. The largest absolute Gasteiger partial charge is 0.480 e. The number of hydrogen-bond acceptors (Lipinski definition) is 9. The summed E-state index contributed by atoms with van der Waals surface area (Å²) in [5.74, 6) is -2.33. The van der Waals surface area contributed by atoms with Crippen LogP contribution in [0.3, 0.4) is 0 Å². The van der Waals surface area contributed by atoms with Crippen LogP contribution in [-0.4, -0.2) is 104 Å². The third-order valence-electron chi connectivity index (χ3n) is 8.41. The summed E-state index contributed by atoms with van der Waals surface area (Å²) in [6.07, 6.45) is -1.00. The summed E-state index contributed by atoms with van der Waals surface area (Å²) < 4.78 is 61.3. The van der Waals surface area contributed by atoms with Gasteiger partial charge in [-0.3, -0.25) is 14.5 Å². The molecule has 0 saturated carbocycles. The second-order valence-electron chi connectivity index (χ2n) is 11.3. The highest BCUT2D eigenvalue weighted by Crippen LogP contribution is 2.36. The molecule has 0 radical (unpaired) electrons. The number of nitrogens with zero attached hydrogens (tertiary/aromatic N) is 6. The predicted octanol–water partition coefficient (Wildman–Crippen LogP) is 2.52. The number of nitrogens with one attached hydrogen (secondary N) is 1. The first-order valence-electron chi connectivity index (χ1n) is 14.2. The second-order valence-corrected chi connectivity index (χ2v) is 11.3. The van der Waals surface area contributed by atoms with Crippen molar-refractivity contribution in [2.24, 2.45) is 0 Å². The van der Waals surface area contributed by atoms with Crippen LogP contribution in [0, 0.1) is 0 Å². The van der Waals surface area contributed by atoms with Gasteiger partial charge in [-0.15, -0.1) is 0 Å². The molecule has 238 valence electrons. The Bertz CT molecular complexity index is 1560. The molecule has 4 N–H and O–H groups in total. The second kappa shape index (κ2) is 11.8. The molecule has 5 heterocycles. The van der Waals surface area contributed by atoms with Crippen LogP contribution in [0.25, 0.3) is 16.8 Å². The summed E-state index contributed by atoms with van der Waals surface area (Å²) >= 11 is 0. The number of aromatic nitrogens is 4. The highest BCUT2D eigenvalue weighted by molar-refractivity contribution is 5.98. The zero-order chi connectivity index (χ0) is 32.0. The molecule has 2 aliphatic heterocycles. The van der Waals surface area contributed by atoms with Crippen molar-refractivity contribution in [2.45, 2.75) is 63.1 Å². The number of halogens is 4. The van der Waals surface area contributed by atoms with Gasteiger partial charge in [0.2, 0.25) is 11.5 Å². The molecular weight excluding hydrogens is 588 g/mol. The number of alkyl halides is 4. The molecule has 2 saturated heterocycles. The van der Waals surface area contributed by atoms with E-state index in [1.54, 1.807) is 4.52 Å². The molecule has 16 heteroatoms. The molecular formula is C28H34F4N8O4. The summed E-state index contributed by atoms with van der Waals surface area (Å²) in [5.41, 5.74) is 5.05. The first-order valence-corrected chi connectivity index (χ1v) is 14.2. The van der Waals surface area contributed by atoms with Crippen LogP contribution in [0.5, 0.6) is 5.88 Å². The maximum atomic E-state index is 14.9. The summed E-state index contributed by atoms with van der Waals surface area (Å²) in [5, 5.41) is 16.6. The average molecular weight is 623 g/mol. The fourth-order valence-corrected chi connectivity index (χ4v) is 5.78. The molecule has 0 bridgehead atoms. The monoisotopic (exact) mass is 622 g/mol. The van der Waals surface area contributed by atoms with E-state index in [1.165, 1.54) is 32.1 Å². The molecule has 2 aliphatic rings. The number of methoxy groups -OCH3 is 1. The zero-order valence-electron chi connectivity index (χ0n) is 24.4. The predicted molar refractivity (Wildman–Crippen MR) is 150 cm³/mol. The molecule has 3 aromatic rings. The first kappa shape index (κ1) is 31.4. The van der Waals surface area contributed by atoms with Crippen LogP contribution in [0.1, 0.15) is 55.1 Å². The highest BCUT2D eigenvalue weighted by atomic mass is 19.4. The lowest BCUT2D eigenvalue weighted by Gasteiger charge is -2.32. The number of likely N-dealkylation sites (tertiary alicyclic amines) is 2. The molecule has 5 rings (SSSR count). The number of carbonyl (C=O) groups excluding carboxylic acids is 2. The number of pyridine rings is 1. The summed E-state index contributed by atoms with van der Waals surface area (Å²) in [7, 11) is 1.30. The van der Waals surface area contributed by atoms with Gasteiger partial charge in [-0.05, 0) is 51.9 Å². The van der Waals surface area contributed by atoms with E-state index >= 15 is 0 Å². The molecule has 44 heavy (non-hydrogen) atoms. The Labute approximate surface area is 250 Å². The lowest BCUT2D eigenvalue weighted by atomic mass is 10.0. The number of rotatable bonds is 7. The van der Waals surface area contributed by atoms with E-state index in [0.29, 0.717) is 28.6 Å². The van der Waals surface area contributed by atoms with Crippen LogP contribution in [0.4, 0.5) is 23.4 Å². The molecule has 0 aromatic carbocycles. The molecule has 3 aromatic heterocycles. The molecule has 0 spiro atoms. The normalized spacial score (nSPS) is 21.7. The summed E-state index contributed by atoms with van der Waals surface area (Å²) in [4.78, 5) is 37.1. The molecule has 4 atom stereocenters. The van der Waals surface area contributed by atoms with Gasteiger partial charge in [0.15, 0.2) is 5.82 Å². The van der Waals surface area contributed by atoms with Crippen LogP contribution in [0.15, 0.2) is 24.7 Å². The maximum absolute atomic E-state index is 14.9. The van der Waals surface area contributed by atoms with Crippen LogP contribution in [-0.2, 0) is 4.79 Å². The van der Waals surface area contributed by atoms with Gasteiger partial charge in [-0.25, -0.2) is 18.9 Å². The number of nitrogens with two attached hydrogens (primary N) is 1. The van der Waals surface area contributed by atoms with E-state index in [-0.39, 0.29) is 23.3 Å². The Balaban J connectivity index is 1.44. The lowest BCUT2D eigenvalue weighted by molar-refractivity contribution is -0.249. The summed E-state index contributed by atoms with van der Waals surface area (Å²) in [6.45, 7) is 2.94. The van der Waals surface area contributed by atoms with Gasteiger partial charge in [0.05, 0.1) is 25.4 Å². The first-order chi connectivity index (χ1) is 20.7. The zero-order valence-corrected chi connectivity index (χ0v) is 24.4. The quantitative estimate of drug-likeness (QED) is 0.338. The van der Waals surface area contributed by atoms with Gasteiger partial charge in [0.25, 0.3) is 11.8 Å². The van der Waals surface area contributed by atoms with E-state index < -0.39 is 48.9 Å². The lowest BCUT2D eigenvalue weighted by Crippen LogP contribution is -2.56. The Morgan fingerprint density at radius 3 is 2.52 bits per heavy atom. The fourth-order valence-electron chi connectivity index (χ4n) is 5.78. The van der Waals surface area contributed by atoms with Gasteiger partial charge in [0.1, 0.15) is 23.6 Å². The number of ether oxygens (including phenoxy) is 1. The maximum Gasteiger partial charge on any atom is 0.426 e. The van der Waals surface area contributed by atoms with E-state index in [1.807, 2.05) is 6.07 Å². The van der Waals surface area contributed by atoms with Crippen molar-refractivity contribution in [3.63, 3.8) is 0 Å². The van der Waals surface area contributed by atoms with Crippen molar-refractivity contribution in [1.82, 2.24) is 34.7 Å². The standard InChI is InChI=1S/C28H34F4N8O4/c1-15(38-7-5-4-6-8-38)17-10-21(40-22(17)23(33)35-14-36-40)16-9-18(25(44-3)34-11-16)24(41)37-20-13-39(12-19(20)29)26(42)27(2,43)28(30,31)32/h9-11,14-15,19-20,43H,4-8,12-13H2,1-3H3,(H,37,41)(H2,33,35,36)/t15?,19-,20+,27?/m0/s1. The van der Waals surface area contributed by atoms with E-state index in [9.17, 15) is 32.3 Å². The van der Waals surface area contributed by atoms with Crippen molar-refractivity contribution in [1.29, 1.82) is 0 Å². The van der Waals surface area contributed by atoms with E-state index in [4.69, 9.17) is 10.5 Å². The average Bonchev–Trinajstić information content (AvgIpc) is 3.57. The third kappa shape index (κ3) is 5.63. The van der Waals surface area contributed by atoms with Gasteiger partial charge in [0, 0.05) is 29.9 Å². The molecule has 12 nitrogen and oxygen atoms in total. The van der Waals surface area contributed by atoms with Crippen molar-refractivity contribution >= 4 is 23.1 Å². The minimum atomic E-state index is -5.26. The van der Waals surface area contributed by atoms with E-state index in [2.05, 4.69) is 32.2 Å². The van der Waals surface area contributed by atoms with Crippen molar-refractivity contribution in [3.05, 3.63) is 35.8 Å². The molecule has 2 unspecified atom stereocenters. The van der Waals surface area contributed by atoms with Crippen LogP contribution in [0.2, 0.25) is 0 Å². The van der Waals surface area contributed by atoms with Gasteiger partial charge >= 0.3 is 6.18 Å². The number of amides is 2. The molecule has 2 amide bonds. The minimum Gasteiger partial charge on any atom is -0.480 e. The van der Waals surface area contributed by atoms with Crippen molar-refractivity contribution in [2.75, 3.05) is 39.0 Å². The SMILES string of the molecule is COc1ncc(-c2cc(C(C)N3CCCCC3)c3c(N)ncnn23)cc1C(=O)N[C@@H]1CN(C(=O)C(C)(O)C(F)(F)F)C[C@@H]1F. The number of piperidine rings is 1. The molecule has 0 aliphatic carbocycles. The number of anilines is 1. The number of hydrogen-bond donors (Lipinski definition) is 3. The Kier molecular flexibility index (Phi) is 8.41. The van der Waals surface area contributed by atoms with Gasteiger partial charge in [-0.1, -0.05) is 6.42 Å². The number of aliphatic hydroxyl groups is 1.